The van der Waals surface area contributed by atoms with Crippen LogP contribution in [0.2, 0.25) is 0 Å². The van der Waals surface area contributed by atoms with Gasteiger partial charge in [0, 0.05) is 0 Å². The molecule has 0 bridgehead atoms. The monoisotopic (exact) mass is 514 g/mol. The predicted octanol–water partition coefficient (Wildman–Crippen LogP) is 3.73. The molecule has 10 heteroatoms. The van der Waals surface area contributed by atoms with Crippen LogP contribution in [-0.4, -0.2) is 58.5 Å². The fraction of sp³-hybridized carbons (Fsp3) is 0.846. The summed E-state index contributed by atoms with van der Waals surface area (Å²) in [6.07, 6.45) is -2.56. The molecule has 1 fully saturated rings. The van der Waals surface area contributed by atoms with E-state index in [1.165, 1.54) is 0 Å². The van der Waals surface area contributed by atoms with Crippen LogP contribution >= 0.6 is 0 Å². The minimum absolute atomic E-state index is 0.160. The summed E-state index contributed by atoms with van der Waals surface area (Å²) >= 11 is 0. The molecule has 10 nitrogen and oxygen atoms in total. The maximum absolute atomic E-state index is 13.5. The third-order valence-corrected chi connectivity index (χ3v) is 4.71. The van der Waals surface area contributed by atoms with Crippen molar-refractivity contribution in [3.05, 3.63) is 0 Å². The molecule has 1 aliphatic rings. The maximum atomic E-state index is 13.5. The van der Waals surface area contributed by atoms with Gasteiger partial charge in [-0.25, -0.2) is 0 Å². The highest BCUT2D eigenvalue weighted by Gasteiger charge is 2.57. The number of esters is 3. The van der Waals surface area contributed by atoms with Crippen LogP contribution < -0.4 is 5.73 Å². The first-order valence-electron chi connectivity index (χ1n) is 12.3. The lowest BCUT2D eigenvalue weighted by molar-refractivity contribution is -0.212. The summed E-state index contributed by atoms with van der Waals surface area (Å²) in [5, 5.41) is 8.32. The molecule has 208 valence electrons. The van der Waals surface area contributed by atoms with Crippen LogP contribution in [-0.2, 0) is 38.1 Å². The zero-order valence-corrected chi connectivity index (χ0v) is 23.9. The van der Waals surface area contributed by atoms with E-state index in [-0.39, 0.29) is 12.3 Å². The van der Waals surface area contributed by atoms with E-state index in [1.54, 1.807) is 83.1 Å². The van der Waals surface area contributed by atoms with E-state index in [4.69, 9.17) is 34.8 Å². The molecule has 0 aliphatic carbocycles. The van der Waals surface area contributed by atoms with Gasteiger partial charge < -0.3 is 29.4 Å². The van der Waals surface area contributed by atoms with Gasteiger partial charge in [0.25, 0.3) is 0 Å². The summed E-state index contributed by atoms with van der Waals surface area (Å²) < 4.78 is 28.4. The highest BCUT2D eigenvalue weighted by Crippen LogP contribution is 2.40. The minimum atomic E-state index is -1.37. The zero-order valence-electron chi connectivity index (χ0n) is 23.9. The van der Waals surface area contributed by atoms with Crippen molar-refractivity contribution in [1.29, 1.82) is 5.41 Å². The van der Waals surface area contributed by atoms with Crippen molar-refractivity contribution in [2.45, 2.75) is 124 Å². The van der Waals surface area contributed by atoms with Crippen LogP contribution in [0, 0.1) is 23.2 Å². The average molecular weight is 515 g/mol. The maximum Gasteiger partial charge on any atom is 0.314 e. The molecular formula is C26H46N2O8. The molecule has 36 heavy (non-hydrogen) atoms. The largest absolute Gasteiger partial charge is 0.475 e. The lowest BCUT2D eigenvalue weighted by atomic mass is 9.74. The van der Waals surface area contributed by atoms with Gasteiger partial charge in [-0.2, -0.15) is 0 Å². The van der Waals surface area contributed by atoms with Gasteiger partial charge in [-0.1, -0.05) is 0 Å². The summed E-state index contributed by atoms with van der Waals surface area (Å²) in [7, 11) is 0. The number of hydrogen-bond acceptors (Lipinski definition) is 10. The number of nitrogens with two attached hydrogens (primary N) is 1. The number of hydrogen-bond donors (Lipinski definition) is 2. The van der Waals surface area contributed by atoms with Crippen molar-refractivity contribution >= 4 is 23.8 Å². The van der Waals surface area contributed by atoms with E-state index in [0.717, 1.165) is 0 Å². The Bertz CT molecular complexity index is 827. The van der Waals surface area contributed by atoms with Crippen LogP contribution in [0.15, 0.2) is 0 Å². The molecule has 1 saturated heterocycles. The molecule has 0 radical (unpaired) electrons. The molecular weight excluding hydrogens is 468 g/mol. The van der Waals surface area contributed by atoms with Gasteiger partial charge in [-0.05, 0) is 83.1 Å². The van der Waals surface area contributed by atoms with Crippen LogP contribution in [0.25, 0.3) is 0 Å². The van der Waals surface area contributed by atoms with Crippen molar-refractivity contribution in [3.63, 3.8) is 0 Å². The smallest absolute Gasteiger partial charge is 0.314 e. The van der Waals surface area contributed by atoms with Gasteiger partial charge >= 0.3 is 17.9 Å². The van der Waals surface area contributed by atoms with Crippen molar-refractivity contribution in [2.75, 3.05) is 0 Å². The van der Waals surface area contributed by atoms with E-state index in [0.29, 0.717) is 0 Å². The second kappa shape index (κ2) is 11.0. The number of ether oxygens (including phenoxy) is 5. The van der Waals surface area contributed by atoms with Crippen molar-refractivity contribution in [1.82, 2.24) is 0 Å². The summed E-state index contributed by atoms with van der Waals surface area (Å²) in [6.45, 7) is 20.5. The summed E-state index contributed by atoms with van der Waals surface area (Å²) in [5.41, 5.74) is 2.93. The molecule has 1 aliphatic heterocycles. The van der Waals surface area contributed by atoms with Crippen molar-refractivity contribution in [2.24, 2.45) is 23.5 Å². The first kappa shape index (κ1) is 31.8. The number of carbonyl (C=O) groups is 3. The second-order valence-corrected chi connectivity index (χ2v) is 13.2. The van der Waals surface area contributed by atoms with Crippen LogP contribution in [0.4, 0.5) is 0 Å². The molecule has 0 aromatic carbocycles. The summed E-state index contributed by atoms with van der Waals surface area (Å²) in [5.74, 6) is -6.55. The van der Waals surface area contributed by atoms with Gasteiger partial charge in [0.05, 0.1) is 24.4 Å². The molecule has 3 N–H and O–H groups in total. The molecule has 1 rings (SSSR count). The van der Waals surface area contributed by atoms with Crippen LogP contribution in [0.5, 0.6) is 0 Å². The SMILES string of the molecule is CC(C)(C)OC(=N)C[C@H]1O[C@@H](N)[C@H](C(=O)OC(C)(C)C)[C@@H](C(=O)OC(C)(C)C)[C@H]1C(=O)OC(C)(C)C. The molecule has 5 atom stereocenters. The number of rotatable bonds is 5. The Morgan fingerprint density at radius 1 is 0.639 bits per heavy atom. The predicted molar refractivity (Wildman–Crippen MR) is 134 cm³/mol. The van der Waals surface area contributed by atoms with Gasteiger partial charge in [0.2, 0.25) is 0 Å². The Morgan fingerprint density at radius 2 is 0.972 bits per heavy atom. The normalized spacial score (nSPS) is 25.5. The summed E-state index contributed by atoms with van der Waals surface area (Å²) in [4.78, 5) is 40.3. The molecule has 0 unspecified atom stereocenters. The second-order valence-electron chi connectivity index (χ2n) is 13.2. The Morgan fingerprint density at radius 3 is 1.33 bits per heavy atom. The Balaban J connectivity index is 3.62. The third kappa shape index (κ3) is 10.4. The average Bonchev–Trinajstić information content (AvgIpc) is 2.54. The fourth-order valence-corrected chi connectivity index (χ4v) is 3.78. The van der Waals surface area contributed by atoms with E-state index in [9.17, 15) is 14.4 Å². The number of carbonyl (C=O) groups excluding carboxylic acids is 3. The Kier molecular flexibility index (Phi) is 9.77. The first-order valence-corrected chi connectivity index (χ1v) is 12.3. The van der Waals surface area contributed by atoms with E-state index >= 15 is 0 Å². The van der Waals surface area contributed by atoms with Gasteiger partial charge in [0.15, 0.2) is 5.90 Å². The highest BCUT2D eigenvalue weighted by molar-refractivity contribution is 5.89. The van der Waals surface area contributed by atoms with E-state index in [1.807, 2.05) is 0 Å². The molecule has 1 heterocycles. The van der Waals surface area contributed by atoms with Crippen LogP contribution in [0.1, 0.15) is 89.5 Å². The summed E-state index contributed by atoms with van der Waals surface area (Å²) in [6, 6.07) is 0. The van der Waals surface area contributed by atoms with Gasteiger partial charge in [-0.15, -0.1) is 0 Å². The van der Waals surface area contributed by atoms with E-state index < -0.39 is 70.4 Å². The molecule has 0 spiro atoms. The Labute approximate surface area is 215 Å². The highest BCUT2D eigenvalue weighted by atomic mass is 16.6. The topological polar surface area (TPSA) is 147 Å². The molecule has 0 aromatic heterocycles. The van der Waals surface area contributed by atoms with Crippen molar-refractivity contribution < 1.29 is 38.1 Å². The molecule has 0 amide bonds. The van der Waals surface area contributed by atoms with Gasteiger partial charge in [0.1, 0.15) is 34.6 Å². The standard InChI is InChI=1S/C26H46N2O8/c1-23(2,3)33-15(27)13-14-16(20(29)34-24(4,5)6)17(21(30)35-25(7,8)9)18(19(28)32-14)22(31)36-26(10,11)12/h14,16-19,27H,13,28H2,1-12H3/t14-,16+,17+,18-,19-/m1/s1. The van der Waals surface area contributed by atoms with Crippen LogP contribution in [0.3, 0.4) is 0 Å². The fourth-order valence-electron chi connectivity index (χ4n) is 3.78. The minimum Gasteiger partial charge on any atom is -0.475 e. The van der Waals surface area contributed by atoms with Crippen molar-refractivity contribution in [3.8, 4) is 0 Å². The third-order valence-electron chi connectivity index (χ3n) is 4.71. The lowest BCUT2D eigenvalue weighted by Crippen LogP contribution is -2.60. The first-order chi connectivity index (χ1) is 15.9. The molecule has 0 saturated carbocycles. The zero-order chi connectivity index (χ0) is 28.4. The number of nitrogens with one attached hydrogen (secondary N) is 1. The van der Waals surface area contributed by atoms with E-state index in [2.05, 4.69) is 0 Å². The van der Waals surface area contributed by atoms with Gasteiger partial charge in [-0.3, -0.25) is 19.8 Å². The molecule has 0 aromatic rings. The lowest BCUT2D eigenvalue weighted by Gasteiger charge is -2.44. The Hall–Kier alpha value is -2.20. The quantitative estimate of drug-likeness (QED) is 0.242.